The third-order valence-corrected chi connectivity index (χ3v) is 5.58. The maximum Gasteiger partial charge on any atom is 0.313 e. The minimum Gasteiger partial charge on any atom is -0.481 e. The van der Waals surface area contributed by atoms with Gasteiger partial charge in [0.05, 0.1) is 0 Å². The molecule has 7 heteroatoms. The summed E-state index contributed by atoms with van der Waals surface area (Å²) in [6.07, 6.45) is 0. The normalized spacial score (nSPS) is 39.6. The van der Waals surface area contributed by atoms with Gasteiger partial charge in [0.25, 0.3) is 0 Å². The zero-order valence-electron chi connectivity index (χ0n) is 7.85. The Bertz CT molecular complexity index is 327. The highest BCUT2D eigenvalue weighted by Crippen LogP contribution is 2.42. The van der Waals surface area contributed by atoms with E-state index in [1.807, 2.05) is 0 Å². The number of carboxylic acids is 1. The highest BCUT2D eigenvalue weighted by Gasteiger charge is 2.55. The van der Waals surface area contributed by atoms with Gasteiger partial charge in [0.1, 0.15) is 16.8 Å². The summed E-state index contributed by atoms with van der Waals surface area (Å²) in [6.45, 7) is 0.262. The van der Waals surface area contributed by atoms with E-state index in [1.54, 1.807) is 4.90 Å². The topological polar surface area (TPSA) is 83.6 Å². The Morgan fingerprint density at radius 3 is 3.00 bits per heavy atom. The number of carboxylic acid groups (broad SMARTS) is 1. The Balaban J connectivity index is 2.15. The van der Waals surface area contributed by atoms with Crippen molar-refractivity contribution < 1.29 is 14.7 Å². The molecule has 0 aromatic carbocycles. The van der Waals surface area contributed by atoms with E-state index < -0.39 is 17.4 Å². The van der Waals surface area contributed by atoms with Crippen LogP contribution >= 0.6 is 27.7 Å². The highest BCUT2D eigenvalue weighted by atomic mass is 79.9. The van der Waals surface area contributed by atoms with Crippen molar-refractivity contribution in [3.8, 4) is 0 Å². The molecule has 0 saturated carbocycles. The van der Waals surface area contributed by atoms with Crippen molar-refractivity contribution in [1.82, 2.24) is 4.90 Å². The van der Waals surface area contributed by atoms with E-state index in [9.17, 15) is 9.59 Å². The Labute approximate surface area is 99.5 Å². The number of carbonyl (C=O) groups is 2. The van der Waals surface area contributed by atoms with E-state index in [1.165, 1.54) is 11.8 Å². The van der Waals surface area contributed by atoms with E-state index in [2.05, 4.69) is 15.9 Å². The number of amides is 1. The van der Waals surface area contributed by atoms with Crippen molar-refractivity contribution in [2.45, 2.75) is 11.4 Å². The number of hydrogen-bond acceptors (Lipinski definition) is 4. The van der Waals surface area contributed by atoms with E-state index >= 15 is 0 Å². The molecular formula is C8H11BrN2O3S. The molecule has 2 aliphatic heterocycles. The molecule has 2 fully saturated rings. The lowest BCUT2D eigenvalue weighted by molar-refractivity contribution is -0.155. The van der Waals surface area contributed by atoms with Gasteiger partial charge in [-0.15, -0.1) is 11.8 Å². The predicted molar refractivity (Wildman–Crippen MR) is 59.8 cm³/mol. The second kappa shape index (κ2) is 3.64. The van der Waals surface area contributed by atoms with Crippen LogP contribution in [0.5, 0.6) is 0 Å². The molecule has 0 radical (unpaired) electrons. The van der Waals surface area contributed by atoms with Gasteiger partial charge in [-0.1, -0.05) is 15.9 Å². The Hall–Kier alpha value is -0.270. The largest absolute Gasteiger partial charge is 0.481 e. The summed E-state index contributed by atoms with van der Waals surface area (Å²) >= 11 is 4.67. The number of aliphatic carboxylic acids is 1. The average Bonchev–Trinajstić information content (AvgIpc) is 2.26. The van der Waals surface area contributed by atoms with E-state index in [-0.39, 0.29) is 17.8 Å². The zero-order chi connectivity index (χ0) is 11.2. The van der Waals surface area contributed by atoms with Gasteiger partial charge >= 0.3 is 5.97 Å². The number of rotatable bonds is 2. The van der Waals surface area contributed by atoms with Crippen molar-refractivity contribution in [3.63, 3.8) is 0 Å². The second-order valence-corrected chi connectivity index (χ2v) is 5.58. The summed E-state index contributed by atoms with van der Waals surface area (Å²) in [5, 5.41) is 9.49. The molecule has 3 atom stereocenters. The second-order valence-electron chi connectivity index (χ2n) is 3.91. The molecular weight excluding hydrogens is 284 g/mol. The third kappa shape index (κ3) is 1.48. The van der Waals surface area contributed by atoms with Crippen LogP contribution in [-0.2, 0) is 9.59 Å². The first kappa shape index (κ1) is 11.2. The first-order valence-electron chi connectivity index (χ1n) is 4.49. The molecule has 5 nitrogen and oxygen atoms in total. The van der Waals surface area contributed by atoms with Crippen LogP contribution < -0.4 is 5.73 Å². The molecule has 3 N–H and O–H groups in total. The smallest absolute Gasteiger partial charge is 0.313 e. The van der Waals surface area contributed by atoms with Crippen LogP contribution in [0.3, 0.4) is 0 Å². The number of halogens is 1. The quantitative estimate of drug-likeness (QED) is 0.539. The average molecular weight is 295 g/mol. The van der Waals surface area contributed by atoms with Gasteiger partial charge in [-0.05, 0) is 0 Å². The first-order chi connectivity index (χ1) is 7.02. The third-order valence-electron chi connectivity index (χ3n) is 2.90. The summed E-state index contributed by atoms with van der Waals surface area (Å²) in [7, 11) is 0. The number of thioether (sulfide) groups is 1. The van der Waals surface area contributed by atoms with E-state index in [0.717, 1.165) is 0 Å². The number of fused-ring (bicyclic) bond motifs is 1. The van der Waals surface area contributed by atoms with Gasteiger partial charge in [0, 0.05) is 17.6 Å². The number of nitrogens with two attached hydrogens (primary N) is 1. The molecule has 2 aliphatic rings. The summed E-state index contributed by atoms with van der Waals surface area (Å²) in [5.74, 6) is -0.507. The number of nitrogens with zero attached hydrogens (tertiary/aromatic N) is 1. The Kier molecular flexibility index (Phi) is 2.72. The van der Waals surface area contributed by atoms with Crippen molar-refractivity contribution in [2.24, 2.45) is 11.1 Å². The van der Waals surface area contributed by atoms with Crippen LogP contribution in [0.2, 0.25) is 0 Å². The monoisotopic (exact) mass is 294 g/mol. The number of carbonyl (C=O) groups excluding carboxylic acids is 1. The fourth-order valence-electron chi connectivity index (χ4n) is 1.80. The fourth-order valence-corrected chi connectivity index (χ4v) is 4.16. The van der Waals surface area contributed by atoms with Crippen LogP contribution in [0.1, 0.15) is 0 Å². The molecule has 15 heavy (non-hydrogen) atoms. The van der Waals surface area contributed by atoms with Crippen LogP contribution in [0, 0.1) is 5.41 Å². The summed E-state index contributed by atoms with van der Waals surface area (Å²) in [5.41, 5.74) is 4.75. The molecule has 0 aromatic rings. The van der Waals surface area contributed by atoms with Gasteiger partial charge in [-0.25, -0.2) is 0 Å². The maximum absolute atomic E-state index is 11.4. The van der Waals surface area contributed by atoms with Crippen LogP contribution in [0.4, 0.5) is 0 Å². The number of hydrogen-bond donors (Lipinski definition) is 2. The SMILES string of the molecule is NC1C(=O)N2CC(CBr)(C(=O)O)CS[C@H]12. The fraction of sp³-hybridized carbons (Fsp3) is 0.750. The van der Waals surface area contributed by atoms with Gasteiger partial charge in [0.2, 0.25) is 5.91 Å². The number of β-lactam (4-membered cyclic amide) rings is 1. The minimum atomic E-state index is -0.864. The molecule has 84 valence electrons. The van der Waals surface area contributed by atoms with E-state index in [0.29, 0.717) is 11.1 Å². The lowest BCUT2D eigenvalue weighted by atomic mass is 9.90. The van der Waals surface area contributed by atoms with Crippen molar-refractivity contribution in [3.05, 3.63) is 0 Å². The van der Waals surface area contributed by atoms with Gasteiger partial charge < -0.3 is 15.7 Å². The highest BCUT2D eigenvalue weighted by molar-refractivity contribution is 9.09. The molecule has 2 heterocycles. The zero-order valence-corrected chi connectivity index (χ0v) is 10.3. The molecule has 0 spiro atoms. The maximum atomic E-state index is 11.4. The first-order valence-corrected chi connectivity index (χ1v) is 6.66. The van der Waals surface area contributed by atoms with Crippen molar-refractivity contribution in [1.29, 1.82) is 0 Å². The van der Waals surface area contributed by atoms with Crippen LogP contribution in [0.25, 0.3) is 0 Å². The molecule has 2 saturated heterocycles. The van der Waals surface area contributed by atoms with Crippen molar-refractivity contribution >= 4 is 39.6 Å². The number of alkyl halides is 1. The minimum absolute atomic E-state index is 0.0241. The van der Waals surface area contributed by atoms with Gasteiger partial charge in [-0.2, -0.15) is 0 Å². The molecule has 2 rings (SSSR count). The Morgan fingerprint density at radius 2 is 2.47 bits per heavy atom. The summed E-state index contributed by atoms with van der Waals surface area (Å²) in [4.78, 5) is 24.1. The molecule has 0 aliphatic carbocycles. The molecule has 1 amide bonds. The standard InChI is InChI=1S/C8H11BrN2O3S/c9-1-8(7(13)14)2-11-5(12)4(10)6(11)15-3-8/h4,6H,1-3,10H2,(H,13,14)/t4?,6-,8?/m1/s1. The van der Waals surface area contributed by atoms with Gasteiger partial charge in [0.15, 0.2) is 0 Å². The van der Waals surface area contributed by atoms with E-state index in [4.69, 9.17) is 10.8 Å². The lowest BCUT2D eigenvalue weighted by Gasteiger charge is -2.52. The summed E-state index contributed by atoms with van der Waals surface area (Å²) in [6, 6.07) is -0.447. The van der Waals surface area contributed by atoms with Crippen LogP contribution in [-0.4, -0.2) is 50.9 Å². The van der Waals surface area contributed by atoms with Crippen LogP contribution in [0.15, 0.2) is 0 Å². The van der Waals surface area contributed by atoms with Gasteiger partial charge in [-0.3, -0.25) is 9.59 Å². The molecule has 0 aromatic heterocycles. The lowest BCUT2D eigenvalue weighted by Crippen LogP contribution is -2.72. The molecule has 2 unspecified atom stereocenters. The predicted octanol–water partition coefficient (Wildman–Crippen LogP) is -0.305. The summed E-state index contributed by atoms with van der Waals surface area (Å²) < 4.78 is 0. The Morgan fingerprint density at radius 1 is 1.80 bits per heavy atom. The molecule has 0 bridgehead atoms. The van der Waals surface area contributed by atoms with Crippen molar-refractivity contribution in [2.75, 3.05) is 17.6 Å².